The Labute approximate surface area is 216 Å². The van der Waals surface area contributed by atoms with E-state index in [1.54, 1.807) is 57.6 Å². The fourth-order valence-corrected chi connectivity index (χ4v) is 6.08. The summed E-state index contributed by atoms with van der Waals surface area (Å²) in [4.78, 5) is 15.1. The zero-order chi connectivity index (χ0) is 26.5. The fraction of sp³-hybridized carbons (Fsp3) is 0.345. The summed E-state index contributed by atoms with van der Waals surface area (Å²) in [5.74, 6) is -0.426. The Morgan fingerprint density at radius 3 is 2.14 bits per heavy atom. The van der Waals surface area contributed by atoms with E-state index in [1.807, 2.05) is 30.3 Å². The SMILES string of the molecule is COc1ccc(C23Oc4cc(OC)cc(OC)c4C2(O)[C@H](O)[C@H](C(=O)N(C)C)C3c2ccccc2)cc1. The quantitative estimate of drug-likeness (QED) is 0.532. The minimum Gasteiger partial charge on any atom is -0.497 e. The molecule has 8 heteroatoms. The minimum atomic E-state index is -2.05. The van der Waals surface area contributed by atoms with Crippen LogP contribution in [-0.4, -0.2) is 62.5 Å². The van der Waals surface area contributed by atoms with Gasteiger partial charge in [-0.25, -0.2) is 0 Å². The van der Waals surface area contributed by atoms with Gasteiger partial charge in [0.2, 0.25) is 5.91 Å². The van der Waals surface area contributed by atoms with Gasteiger partial charge < -0.3 is 34.1 Å². The van der Waals surface area contributed by atoms with Crippen LogP contribution in [0, 0.1) is 5.92 Å². The van der Waals surface area contributed by atoms with Crippen LogP contribution in [0.3, 0.4) is 0 Å². The van der Waals surface area contributed by atoms with Gasteiger partial charge in [-0.15, -0.1) is 0 Å². The van der Waals surface area contributed by atoms with Crippen LogP contribution in [0.5, 0.6) is 23.0 Å². The number of hydrogen-bond acceptors (Lipinski definition) is 7. The third-order valence-electron chi connectivity index (χ3n) is 7.68. The first-order valence-electron chi connectivity index (χ1n) is 12.0. The average molecular weight is 506 g/mol. The summed E-state index contributed by atoms with van der Waals surface area (Å²) in [6.07, 6.45) is -1.53. The summed E-state index contributed by atoms with van der Waals surface area (Å²) in [6.45, 7) is 0. The Hall–Kier alpha value is -3.75. The minimum absolute atomic E-state index is 0.272. The Morgan fingerprint density at radius 1 is 0.919 bits per heavy atom. The molecule has 1 amide bonds. The molecule has 3 aromatic rings. The predicted octanol–water partition coefficient (Wildman–Crippen LogP) is 3.05. The van der Waals surface area contributed by atoms with E-state index in [2.05, 4.69) is 0 Å². The highest BCUT2D eigenvalue weighted by molar-refractivity contribution is 5.83. The van der Waals surface area contributed by atoms with Gasteiger partial charge in [0.05, 0.1) is 32.8 Å². The van der Waals surface area contributed by atoms with Crippen molar-refractivity contribution in [3.8, 4) is 23.0 Å². The van der Waals surface area contributed by atoms with Gasteiger partial charge in [0, 0.05) is 32.1 Å². The second kappa shape index (κ2) is 8.97. The Morgan fingerprint density at radius 2 is 1.57 bits per heavy atom. The van der Waals surface area contributed by atoms with Crippen LogP contribution >= 0.6 is 0 Å². The van der Waals surface area contributed by atoms with Crippen molar-refractivity contribution in [1.29, 1.82) is 0 Å². The maximum absolute atomic E-state index is 13.7. The highest BCUT2D eigenvalue weighted by atomic mass is 16.5. The standard InChI is InChI=1S/C29H31NO7/c1-30(2)27(32)23-24(17-9-7-6-8-10-17)29(18-11-13-19(34-3)14-12-18)28(33,26(23)31)25-21(36-5)15-20(35-4)16-22(25)37-29/h6-16,23-24,26,31,33H,1-5H3/t23-,24?,26-,28?,29?/m1/s1. The Bertz CT molecular complexity index is 1310. The predicted molar refractivity (Wildman–Crippen MR) is 136 cm³/mol. The van der Waals surface area contributed by atoms with Crippen molar-refractivity contribution < 1.29 is 34.0 Å². The highest BCUT2D eigenvalue weighted by Crippen LogP contribution is 2.70. The van der Waals surface area contributed by atoms with E-state index in [4.69, 9.17) is 18.9 Å². The summed E-state index contributed by atoms with van der Waals surface area (Å²) >= 11 is 0. The van der Waals surface area contributed by atoms with Crippen molar-refractivity contribution in [1.82, 2.24) is 4.90 Å². The Kier molecular flexibility index (Phi) is 6.04. The number of carbonyl (C=O) groups excluding carboxylic acids is 1. The lowest BCUT2D eigenvalue weighted by Crippen LogP contribution is -2.52. The lowest BCUT2D eigenvalue weighted by atomic mass is 9.70. The average Bonchev–Trinajstić information content (AvgIpc) is 3.30. The van der Waals surface area contributed by atoms with Crippen molar-refractivity contribution in [2.75, 3.05) is 35.4 Å². The van der Waals surface area contributed by atoms with E-state index in [0.29, 0.717) is 22.8 Å². The molecule has 3 aromatic carbocycles. The third-order valence-corrected chi connectivity index (χ3v) is 7.68. The zero-order valence-corrected chi connectivity index (χ0v) is 21.5. The zero-order valence-electron chi connectivity index (χ0n) is 21.5. The van der Waals surface area contributed by atoms with Crippen LogP contribution in [0.25, 0.3) is 0 Å². The molecule has 1 saturated carbocycles. The molecule has 5 rings (SSSR count). The third kappa shape index (κ3) is 3.32. The van der Waals surface area contributed by atoms with E-state index >= 15 is 0 Å². The first-order valence-corrected chi connectivity index (χ1v) is 12.0. The number of amides is 1. The second-order valence-electron chi connectivity index (χ2n) is 9.63. The fourth-order valence-electron chi connectivity index (χ4n) is 6.08. The summed E-state index contributed by atoms with van der Waals surface area (Å²) < 4.78 is 23.3. The van der Waals surface area contributed by atoms with Gasteiger partial charge in [0.25, 0.3) is 0 Å². The normalized spacial score (nSPS) is 27.6. The number of rotatable bonds is 6. The molecule has 1 aliphatic carbocycles. The molecule has 1 aliphatic heterocycles. The number of benzene rings is 3. The molecule has 37 heavy (non-hydrogen) atoms. The first kappa shape index (κ1) is 24.9. The van der Waals surface area contributed by atoms with Gasteiger partial charge in [0.1, 0.15) is 29.1 Å². The van der Waals surface area contributed by atoms with Crippen LogP contribution in [0.4, 0.5) is 0 Å². The van der Waals surface area contributed by atoms with E-state index in [-0.39, 0.29) is 17.2 Å². The molecule has 2 N–H and O–H groups in total. The monoisotopic (exact) mass is 505 g/mol. The molecular weight excluding hydrogens is 474 g/mol. The number of aliphatic hydroxyl groups excluding tert-OH is 1. The molecule has 0 spiro atoms. The summed E-state index contributed by atoms with van der Waals surface area (Å²) in [5.41, 5.74) is -2.04. The Balaban J connectivity index is 1.88. The lowest BCUT2D eigenvalue weighted by molar-refractivity contribution is -0.156. The topological polar surface area (TPSA) is 97.7 Å². The number of carbonyl (C=O) groups is 1. The van der Waals surface area contributed by atoms with E-state index in [1.165, 1.54) is 19.1 Å². The molecule has 5 atom stereocenters. The molecule has 8 nitrogen and oxygen atoms in total. The molecule has 0 radical (unpaired) electrons. The van der Waals surface area contributed by atoms with Crippen molar-refractivity contribution in [3.05, 3.63) is 83.4 Å². The van der Waals surface area contributed by atoms with Gasteiger partial charge in [-0.2, -0.15) is 0 Å². The number of fused-ring (bicyclic) bond motifs is 3. The number of aliphatic hydroxyl groups is 2. The largest absolute Gasteiger partial charge is 0.497 e. The second-order valence-corrected chi connectivity index (χ2v) is 9.63. The van der Waals surface area contributed by atoms with Gasteiger partial charge in [-0.05, 0) is 23.3 Å². The number of nitrogens with zero attached hydrogens (tertiary/aromatic N) is 1. The van der Waals surface area contributed by atoms with Crippen molar-refractivity contribution in [3.63, 3.8) is 0 Å². The van der Waals surface area contributed by atoms with Gasteiger partial charge in [-0.3, -0.25) is 4.79 Å². The highest BCUT2D eigenvalue weighted by Gasteiger charge is 2.78. The maximum Gasteiger partial charge on any atom is 0.228 e. The van der Waals surface area contributed by atoms with Crippen LogP contribution in [-0.2, 0) is 16.0 Å². The number of hydrogen-bond donors (Lipinski definition) is 2. The van der Waals surface area contributed by atoms with Gasteiger partial charge in [-0.1, -0.05) is 42.5 Å². The first-order chi connectivity index (χ1) is 17.7. The maximum atomic E-state index is 13.7. The van der Waals surface area contributed by atoms with Crippen molar-refractivity contribution in [2.45, 2.75) is 23.2 Å². The van der Waals surface area contributed by atoms with Crippen molar-refractivity contribution >= 4 is 5.91 Å². The van der Waals surface area contributed by atoms with E-state index in [0.717, 1.165) is 5.56 Å². The summed E-state index contributed by atoms with van der Waals surface area (Å²) in [5, 5.41) is 24.8. The van der Waals surface area contributed by atoms with E-state index in [9.17, 15) is 15.0 Å². The molecule has 194 valence electrons. The van der Waals surface area contributed by atoms with Crippen LogP contribution < -0.4 is 18.9 Å². The number of methoxy groups -OCH3 is 3. The molecule has 2 aliphatic rings. The number of ether oxygens (including phenoxy) is 4. The lowest BCUT2D eigenvalue weighted by Gasteiger charge is -2.41. The van der Waals surface area contributed by atoms with Crippen LogP contribution in [0.1, 0.15) is 22.6 Å². The molecular formula is C29H31NO7. The smallest absolute Gasteiger partial charge is 0.228 e. The van der Waals surface area contributed by atoms with Crippen LogP contribution in [0.15, 0.2) is 66.7 Å². The molecule has 0 saturated heterocycles. The van der Waals surface area contributed by atoms with Gasteiger partial charge in [0.15, 0.2) is 11.2 Å². The summed E-state index contributed by atoms with van der Waals surface area (Å²) in [7, 11) is 7.84. The van der Waals surface area contributed by atoms with E-state index < -0.39 is 29.1 Å². The molecule has 1 fully saturated rings. The molecule has 0 bridgehead atoms. The molecule has 3 unspecified atom stereocenters. The van der Waals surface area contributed by atoms with Crippen LogP contribution in [0.2, 0.25) is 0 Å². The van der Waals surface area contributed by atoms with Gasteiger partial charge >= 0.3 is 0 Å². The molecule has 1 heterocycles. The molecule has 0 aromatic heterocycles. The summed E-state index contributed by atoms with van der Waals surface area (Å²) in [6, 6.07) is 19.8. The van der Waals surface area contributed by atoms with Crippen molar-refractivity contribution in [2.24, 2.45) is 5.92 Å².